The first-order valence-corrected chi connectivity index (χ1v) is 9.42. The van der Waals surface area contributed by atoms with Gasteiger partial charge in [-0.3, -0.25) is 19.7 Å². The first kappa shape index (κ1) is 19.1. The zero-order chi connectivity index (χ0) is 19.4. The zero-order valence-corrected chi connectivity index (χ0v) is 15.6. The van der Waals surface area contributed by atoms with Gasteiger partial charge >= 0.3 is 0 Å². The van der Waals surface area contributed by atoms with Gasteiger partial charge in [-0.1, -0.05) is 53.7 Å². The summed E-state index contributed by atoms with van der Waals surface area (Å²) < 4.78 is 0. The molecule has 1 unspecified atom stereocenters. The van der Waals surface area contributed by atoms with Crippen LogP contribution in [0.1, 0.15) is 32.6 Å². The monoisotopic (exact) mass is 384 g/mol. The number of benzene rings is 2. The van der Waals surface area contributed by atoms with Crippen LogP contribution in [-0.2, 0) is 24.4 Å². The number of thioether (sulfide) groups is 1. The van der Waals surface area contributed by atoms with Crippen molar-refractivity contribution in [2.75, 3.05) is 0 Å². The maximum absolute atomic E-state index is 12.6. The molecule has 1 atom stereocenters. The zero-order valence-electron chi connectivity index (χ0n) is 14.8. The predicted octanol–water partition coefficient (Wildman–Crippen LogP) is 2.31. The quantitative estimate of drug-likeness (QED) is 0.710. The smallest absolute Gasteiger partial charge is 0.286 e. The fourth-order valence-corrected chi connectivity index (χ4v) is 3.68. The minimum Gasteiger partial charge on any atom is -0.392 e. The van der Waals surface area contributed by atoms with Crippen molar-refractivity contribution in [2.24, 2.45) is 0 Å². The lowest BCUT2D eigenvalue weighted by Crippen LogP contribution is -2.26. The van der Waals surface area contributed by atoms with E-state index < -0.39 is 5.25 Å². The van der Waals surface area contributed by atoms with E-state index in [1.807, 2.05) is 31.2 Å². The summed E-state index contributed by atoms with van der Waals surface area (Å²) in [5.41, 5.74) is 3.77. The van der Waals surface area contributed by atoms with Gasteiger partial charge in [-0.2, -0.15) is 0 Å². The lowest BCUT2D eigenvalue weighted by molar-refractivity contribution is -0.118. The Labute approximate surface area is 161 Å². The molecule has 6 nitrogen and oxygen atoms in total. The Hall–Kier alpha value is -2.64. The molecule has 1 aliphatic heterocycles. The number of rotatable bonds is 6. The fourth-order valence-electron chi connectivity index (χ4n) is 2.83. The largest absolute Gasteiger partial charge is 0.392 e. The normalized spacial score (nSPS) is 16.3. The van der Waals surface area contributed by atoms with Crippen LogP contribution in [0.15, 0.2) is 42.5 Å². The molecule has 3 N–H and O–H groups in total. The summed E-state index contributed by atoms with van der Waals surface area (Å²) in [4.78, 5) is 35.7. The van der Waals surface area contributed by atoms with E-state index in [1.165, 1.54) is 0 Å². The molecule has 3 amide bonds. The van der Waals surface area contributed by atoms with Gasteiger partial charge in [-0.05, 0) is 36.1 Å². The molecule has 2 aromatic rings. The number of hydrogen-bond donors (Lipinski definition) is 3. The Morgan fingerprint density at radius 1 is 1.15 bits per heavy atom. The van der Waals surface area contributed by atoms with Crippen molar-refractivity contribution >= 4 is 28.8 Å². The van der Waals surface area contributed by atoms with Gasteiger partial charge < -0.3 is 10.4 Å². The molecule has 1 aliphatic rings. The molecule has 0 aromatic heterocycles. The molecule has 0 aliphatic carbocycles. The Morgan fingerprint density at radius 2 is 1.85 bits per heavy atom. The first-order valence-electron chi connectivity index (χ1n) is 8.54. The van der Waals surface area contributed by atoms with Gasteiger partial charge in [0.2, 0.25) is 5.91 Å². The SMILES string of the molecule is Cc1ccc(CNC(=O)c2cc(CC3SC(=O)NC3=O)ccc2CO)cc1. The molecule has 0 radical (unpaired) electrons. The van der Waals surface area contributed by atoms with E-state index >= 15 is 0 Å². The lowest BCUT2D eigenvalue weighted by atomic mass is 10.0. The Bertz CT molecular complexity index is 880. The highest BCUT2D eigenvalue weighted by atomic mass is 32.2. The van der Waals surface area contributed by atoms with E-state index in [2.05, 4.69) is 10.6 Å². The third-order valence-corrected chi connectivity index (χ3v) is 5.33. The molecule has 27 heavy (non-hydrogen) atoms. The fraction of sp³-hybridized carbons (Fsp3) is 0.250. The highest BCUT2D eigenvalue weighted by Gasteiger charge is 2.31. The molecule has 1 heterocycles. The molecular formula is C20H20N2O4S. The minimum atomic E-state index is -0.499. The lowest BCUT2D eigenvalue weighted by Gasteiger charge is -2.12. The molecule has 1 fully saturated rings. The van der Waals surface area contributed by atoms with Gasteiger partial charge in [-0.15, -0.1) is 0 Å². The van der Waals surface area contributed by atoms with Crippen molar-refractivity contribution < 1.29 is 19.5 Å². The van der Waals surface area contributed by atoms with Crippen LogP contribution in [0.3, 0.4) is 0 Å². The number of nitrogens with one attached hydrogen (secondary N) is 2. The molecule has 0 saturated carbocycles. The molecule has 3 rings (SSSR count). The Balaban J connectivity index is 1.72. The number of imide groups is 1. The highest BCUT2D eigenvalue weighted by molar-refractivity contribution is 8.15. The number of aliphatic hydroxyl groups excluding tert-OH is 1. The Kier molecular flexibility index (Phi) is 5.93. The molecule has 2 aromatic carbocycles. The average Bonchev–Trinajstić information content (AvgIpc) is 2.98. The molecule has 140 valence electrons. The number of amides is 3. The number of aliphatic hydroxyl groups is 1. The van der Waals surface area contributed by atoms with Gasteiger partial charge in [0.25, 0.3) is 11.1 Å². The van der Waals surface area contributed by atoms with Crippen LogP contribution >= 0.6 is 11.8 Å². The van der Waals surface area contributed by atoms with Crippen LogP contribution < -0.4 is 10.6 Å². The molecule has 7 heteroatoms. The minimum absolute atomic E-state index is 0.259. The Morgan fingerprint density at radius 3 is 2.48 bits per heavy atom. The van der Waals surface area contributed by atoms with E-state index in [-0.39, 0.29) is 23.7 Å². The van der Waals surface area contributed by atoms with Crippen molar-refractivity contribution in [2.45, 2.75) is 31.7 Å². The summed E-state index contributed by atoms with van der Waals surface area (Å²) in [5.74, 6) is -0.609. The third kappa shape index (κ3) is 4.75. The van der Waals surface area contributed by atoms with Gasteiger partial charge in [0.1, 0.15) is 0 Å². The maximum atomic E-state index is 12.6. The van der Waals surface area contributed by atoms with Crippen LogP contribution in [0, 0.1) is 6.92 Å². The van der Waals surface area contributed by atoms with E-state index in [0.29, 0.717) is 24.1 Å². The number of aryl methyl sites for hydroxylation is 1. The van der Waals surface area contributed by atoms with Gasteiger partial charge in [-0.25, -0.2) is 0 Å². The summed E-state index contributed by atoms with van der Waals surface area (Å²) in [6, 6.07) is 13.0. The van der Waals surface area contributed by atoms with E-state index in [1.54, 1.807) is 18.2 Å². The predicted molar refractivity (Wildman–Crippen MR) is 103 cm³/mol. The van der Waals surface area contributed by atoms with Crippen LogP contribution in [0.2, 0.25) is 0 Å². The van der Waals surface area contributed by atoms with Crippen molar-refractivity contribution in [1.82, 2.24) is 10.6 Å². The highest BCUT2D eigenvalue weighted by Crippen LogP contribution is 2.24. The van der Waals surface area contributed by atoms with Crippen LogP contribution in [0.5, 0.6) is 0 Å². The van der Waals surface area contributed by atoms with E-state index in [4.69, 9.17) is 0 Å². The van der Waals surface area contributed by atoms with Crippen molar-refractivity contribution in [3.8, 4) is 0 Å². The van der Waals surface area contributed by atoms with E-state index in [0.717, 1.165) is 28.5 Å². The summed E-state index contributed by atoms with van der Waals surface area (Å²) >= 11 is 0.952. The van der Waals surface area contributed by atoms with Gasteiger partial charge in [0.15, 0.2) is 0 Å². The maximum Gasteiger partial charge on any atom is 0.286 e. The molecule has 0 bridgehead atoms. The number of carbonyl (C=O) groups excluding carboxylic acids is 3. The van der Waals surface area contributed by atoms with Crippen molar-refractivity contribution in [1.29, 1.82) is 0 Å². The van der Waals surface area contributed by atoms with Crippen molar-refractivity contribution in [3.05, 3.63) is 70.3 Å². The average molecular weight is 384 g/mol. The second-order valence-corrected chi connectivity index (χ2v) is 7.58. The second-order valence-electron chi connectivity index (χ2n) is 6.41. The number of carbonyl (C=O) groups is 3. The van der Waals surface area contributed by atoms with Crippen LogP contribution in [-0.4, -0.2) is 27.4 Å². The molecule has 1 saturated heterocycles. The van der Waals surface area contributed by atoms with Gasteiger partial charge in [0.05, 0.1) is 11.9 Å². The summed E-state index contributed by atoms with van der Waals surface area (Å²) in [7, 11) is 0. The van der Waals surface area contributed by atoms with E-state index in [9.17, 15) is 19.5 Å². The summed E-state index contributed by atoms with van der Waals surface area (Å²) in [6.45, 7) is 2.12. The van der Waals surface area contributed by atoms with Gasteiger partial charge in [0, 0.05) is 12.1 Å². The number of hydrogen-bond acceptors (Lipinski definition) is 5. The van der Waals surface area contributed by atoms with Crippen LogP contribution in [0.4, 0.5) is 4.79 Å². The van der Waals surface area contributed by atoms with Crippen LogP contribution in [0.25, 0.3) is 0 Å². The molecular weight excluding hydrogens is 364 g/mol. The van der Waals surface area contributed by atoms with Crippen molar-refractivity contribution in [3.63, 3.8) is 0 Å². The topological polar surface area (TPSA) is 95.5 Å². The standard InChI is InChI=1S/C20H20N2O4S/c1-12-2-4-13(5-3-12)10-21-18(24)16-8-14(6-7-15(16)11-23)9-17-19(25)22-20(26)27-17/h2-8,17,23H,9-11H2,1H3,(H,21,24)(H,22,25,26). The summed E-state index contributed by atoms with van der Waals surface area (Å²) in [6.07, 6.45) is 0.339. The molecule has 0 spiro atoms. The third-order valence-electron chi connectivity index (χ3n) is 4.35. The second kappa shape index (κ2) is 8.37. The first-order chi connectivity index (χ1) is 13.0. The summed E-state index contributed by atoms with van der Waals surface area (Å²) in [5, 5.41) is 13.8.